The van der Waals surface area contributed by atoms with E-state index < -0.39 is 9.84 Å². The molecule has 0 unspecified atom stereocenters. The fourth-order valence-corrected chi connectivity index (χ4v) is 3.86. The van der Waals surface area contributed by atoms with E-state index in [2.05, 4.69) is 44.5 Å². The van der Waals surface area contributed by atoms with Crippen LogP contribution in [0.3, 0.4) is 0 Å². The molecule has 9 heteroatoms. The molecular weight excluding hydrogens is 372 g/mol. The monoisotopic (exact) mass is 402 g/mol. The molecule has 0 atom stereocenters. The molecule has 0 radical (unpaired) electrons. The summed E-state index contributed by atoms with van der Waals surface area (Å²) in [7, 11) is -2.96. The zero-order valence-corrected chi connectivity index (χ0v) is 17.3. The Labute approximate surface area is 161 Å². The molecule has 0 spiro atoms. The van der Waals surface area contributed by atoms with Crippen LogP contribution in [-0.2, 0) is 21.1 Å². The molecule has 1 N–H and O–H groups in total. The minimum Gasteiger partial charge on any atom is -0.378 e. The lowest BCUT2D eigenvalue weighted by molar-refractivity contribution is 0.155. The maximum atomic E-state index is 11.1. The van der Waals surface area contributed by atoms with Gasteiger partial charge in [0.1, 0.15) is 9.84 Å². The van der Waals surface area contributed by atoms with Crippen LogP contribution in [0.4, 0.5) is 0 Å². The summed E-state index contributed by atoms with van der Waals surface area (Å²) in [5.41, 5.74) is 0. The van der Waals surface area contributed by atoms with E-state index in [4.69, 9.17) is 4.74 Å². The summed E-state index contributed by atoms with van der Waals surface area (Å²) in [4.78, 5) is 10.8. The van der Waals surface area contributed by atoms with Crippen LogP contribution in [0.5, 0.6) is 0 Å². The van der Waals surface area contributed by atoms with Crippen LogP contribution in [0, 0.1) is 0 Å². The van der Waals surface area contributed by atoms with Crippen molar-refractivity contribution in [3.63, 3.8) is 0 Å². The first-order chi connectivity index (χ1) is 12.5. The molecule has 1 saturated heterocycles. The number of sulfone groups is 1. The van der Waals surface area contributed by atoms with Crippen molar-refractivity contribution < 1.29 is 13.2 Å². The molecule has 1 aliphatic rings. The highest BCUT2D eigenvalue weighted by molar-refractivity contribution is 7.90. The summed E-state index contributed by atoms with van der Waals surface area (Å²) < 4.78 is 27.5. The summed E-state index contributed by atoms with van der Waals surface area (Å²) in [6, 6.07) is 4.29. The number of hydrogen-bond donors (Lipinski definition) is 1. The standard InChI is InChI=1S/C17H30N4O3S2/c1-3-18-17(19-6-11-24-12-14-26(2,22)23)21-9-7-20(8-10-21)15-16-5-4-13-25-16/h4-5,13H,3,6-12,14-15H2,1-2H3,(H,18,19). The fraction of sp³-hybridized carbons (Fsp3) is 0.706. The molecule has 1 aromatic rings. The second kappa shape index (κ2) is 10.9. The molecule has 1 fully saturated rings. The van der Waals surface area contributed by atoms with Crippen molar-refractivity contribution in [1.82, 2.24) is 15.1 Å². The highest BCUT2D eigenvalue weighted by Gasteiger charge is 2.19. The van der Waals surface area contributed by atoms with E-state index in [9.17, 15) is 8.42 Å². The van der Waals surface area contributed by atoms with Gasteiger partial charge in [-0.2, -0.15) is 0 Å². The first kappa shape index (κ1) is 21.1. The molecule has 26 heavy (non-hydrogen) atoms. The Kier molecular flexibility index (Phi) is 8.83. The first-order valence-electron chi connectivity index (χ1n) is 9.01. The third-order valence-electron chi connectivity index (χ3n) is 4.06. The predicted molar refractivity (Wildman–Crippen MR) is 108 cm³/mol. The van der Waals surface area contributed by atoms with Crippen LogP contribution in [0.15, 0.2) is 22.5 Å². The van der Waals surface area contributed by atoms with Crippen molar-refractivity contribution in [1.29, 1.82) is 0 Å². The lowest BCUT2D eigenvalue weighted by Gasteiger charge is -2.36. The van der Waals surface area contributed by atoms with E-state index >= 15 is 0 Å². The molecule has 1 aliphatic heterocycles. The molecule has 0 aromatic carbocycles. The molecule has 148 valence electrons. The van der Waals surface area contributed by atoms with Crippen molar-refractivity contribution in [2.75, 3.05) is 64.5 Å². The topological polar surface area (TPSA) is 74.2 Å². The average Bonchev–Trinajstić information content (AvgIpc) is 3.10. The second-order valence-electron chi connectivity index (χ2n) is 6.32. The number of ether oxygens (including phenoxy) is 1. The maximum absolute atomic E-state index is 11.1. The number of piperazine rings is 1. The molecule has 2 heterocycles. The molecule has 0 bridgehead atoms. The maximum Gasteiger partial charge on any atom is 0.194 e. The summed E-state index contributed by atoms with van der Waals surface area (Å²) in [5.74, 6) is 0.971. The average molecular weight is 403 g/mol. The van der Waals surface area contributed by atoms with Gasteiger partial charge in [-0.1, -0.05) is 6.07 Å². The summed E-state index contributed by atoms with van der Waals surface area (Å²) in [5, 5.41) is 5.46. The van der Waals surface area contributed by atoms with Gasteiger partial charge in [0, 0.05) is 50.4 Å². The number of nitrogens with zero attached hydrogens (tertiary/aromatic N) is 3. The van der Waals surface area contributed by atoms with Crippen LogP contribution in [0.2, 0.25) is 0 Å². The highest BCUT2D eigenvalue weighted by Crippen LogP contribution is 2.13. The molecule has 1 aromatic heterocycles. The number of hydrogen-bond acceptors (Lipinski definition) is 6. The minimum absolute atomic E-state index is 0.0585. The van der Waals surface area contributed by atoms with E-state index in [0.717, 1.165) is 45.2 Å². The van der Waals surface area contributed by atoms with Gasteiger partial charge >= 0.3 is 0 Å². The van der Waals surface area contributed by atoms with E-state index in [1.807, 2.05) is 11.3 Å². The lowest BCUT2D eigenvalue weighted by atomic mass is 10.3. The largest absolute Gasteiger partial charge is 0.378 e. The highest BCUT2D eigenvalue weighted by atomic mass is 32.2. The quantitative estimate of drug-likeness (QED) is 0.376. The number of thiophene rings is 1. The van der Waals surface area contributed by atoms with Gasteiger partial charge in [-0.25, -0.2) is 8.42 Å². The van der Waals surface area contributed by atoms with Crippen molar-refractivity contribution in [3.8, 4) is 0 Å². The lowest BCUT2D eigenvalue weighted by Crippen LogP contribution is -2.52. The van der Waals surface area contributed by atoms with Gasteiger partial charge in [0.25, 0.3) is 0 Å². The van der Waals surface area contributed by atoms with Crippen molar-refractivity contribution in [3.05, 3.63) is 22.4 Å². The smallest absolute Gasteiger partial charge is 0.194 e. The number of aliphatic imine (C=N–C) groups is 1. The van der Waals surface area contributed by atoms with Crippen LogP contribution >= 0.6 is 11.3 Å². The van der Waals surface area contributed by atoms with Crippen LogP contribution in [0.25, 0.3) is 0 Å². The third-order valence-corrected chi connectivity index (χ3v) is 5.83. The number of nitrogens with one attached hydrogen (secondary N) is 1. The van der Waals surface area contributed by atoms with Gasteiger partial charge in [-0.3, -0.25) is 9.89 Å². The predicted octanol–water partition coefficient (Wildman–Crippen LogP) is 0.892. The van der Waals surface area contributed by atoms with E-state index in [0.29, 0.717) is 13.2 Å². The SMILES string of the molecule is CCNC(=NCCOCCS(C)(=O)=O)N1CCN(Cc2cccs2)CC1. The summed E-state index contributed by atoms with van der Waals surface area (Å²) in [6.07, 6.45) is 1.22. The number of rotatable bonds is 9. The normalized spacial score (nSPS) is 16.8. The van der Waals surface area contributed by atoms with E-state index in [1.165, 1.54) is 11.1 Å². The van der Waals surface area contributed by atoms with Crippen LogP contribution in [-0.4, -0.2) is 88.7 Å². The molecule has 7 nitrogen and oxygen atoms in total. The molecule has 2 rings (SSSR count). The zero-order chi connectivity index (χ0) is 18.8. The molecular formula is C17H30N4O3S2. The second-order valence-corrected chi connectivity index (χ2v) is 9.61. The van der Waals surface area contributed by atoms with Crippen molar-refractivity contribution >= 4 is 27.1 Å². The van der Waals surface area contributed by atoms with Crippen molar-refractivity contribution in [2.45, 2.75) is 13.5 Å². The Morgan fingerprint density at radius 2 is 2.08 bits per heavy atom. The van der Waals surface area contributed by atoms with E-state index in [-0.39, 0.29) is 12.4 Å². The molecule has 0 aliphatic carbocycles. The minimum atomic E-state index is -2.96. The fourth-order valence-electron chi connectivity index (χ4n) is 2.69. The Balaban J connectivity index is 1.72. The zero-order valence-electron chi connectivity index (χ0n) is 15.7. The Hall–Kier alpha value is -1.16. The van der Waals surface area contributed by atoms with Gasteiger partial charge in [0.2, 0.25) is 0 Å². The molecule has 0 amide bonds. The Bertz CT molecular complexity index is 639. The van der Waals surface area contributed by atoms with Gasteiger partial charge in [-0.15, -0.1) is 11.3 Å². The van der Waals surface area contributed by atoms with Gasteiger partial charge in [-0.05, 0) is 18.4 Å². The summed E-state index contributed by atoms with van der Waals surface area (Å²) in [6.45, 7) is 9.04. The van der Waals surface area contributed by atoms with Crippen molar-refractivity contribution in [2.24, 2.45) is 4.99 Å². The van der Waals surface area contributed by atoms with Crippen LogP contribution in [0.1, 0.15) is 11.8 Å². The van der Waals surface area contributed by atoms with Gasteiger partial charge in [0.05, 0.1) is 25.5 Å². The van der Waals surface area contributed by atoms with Crippen LogP contribution < -0.4 is 5.32 Å². The third kappa shape index (κ3) is 8.03. The Morgan fingerprint density at radius 1 is 1.31 bits per heavy atom. The Morgan fingerprint density at radius 3 is 2.69 bits per heavy atom. The number of guanidine groups is 1. The summed E-state index contributed by atoms with van der Waals surface area (Å²) >= 11 is 1.81. The van der Waals surface area contributed by atoms with Gasteiger partial charge in [0.15, 0.2) is 5.96 Å². The first-order valence-corrected chi connectivity index (χ1v) is 12.0. The van der Waals surface area contributed by atoms with Gasteiger partial charge < -0.3 is 15.0 Å². The van der Waals surface area contributed by atoms with E-state index in [1.54, 1.807) is 0 Å². The molecule has 0 saturated carbocycles.